The van der Waals surface area contributed by atoms with E-state index in [2.05, 4.69) is 32.7 Å². The number of hydrogen-bond acceptors (Lipinski definition) is 6. The average Bonchev–Trinajstić information content (AvgIpc) is 3.53. The summed E-state index contributed by atoms with van der Waals surface area (Å²) in [4.78, 5) is 30.9. The second-order valence-electron chi connectivity index (χ2n) is 8.76. The quantitative estimate of drug-likeness (QED) is 0.303. The number of aromatic nitrogens is 1. The molecule has 0 aromatic carbocycles. The van der Waals surface area contributed by atoms with Crippen LogP contribution in [0.2, 0.25) is 0 Å². The van der Waals surface area contributed by atoms with Crippen LogP contribution in [0.15, 0.2) is 24.4 Å². The molecule has 2 aliphatic heterocycles. The van der Waals surface area contributed by atoms with Crippen LogP contribution in [0.25, 0.3) is 6.08 Å². The molecule has 0 unspecified atom stereocenters. The van der Waals surface area contributed by atoms with Crippen LogP contribution in [-0.2, 0) is 16.0 Å². The van der Waals surface area contributed by atoms with Gasteiger partial charge in [-0.05, 0) is 56.8 Å². The van der Waals surface area contributed by atoms with Crippen LogP contribution in [0, 0.1) is 0 Å². The predicted octanol–water partition coefficient (Wildman–Crippen LogP) is 4.07. The Bertz CT molecular complexity index is 745. The molecule has 3 rings (SSSR count). The molecule has 33 heavy (non-hydrogen) atoms. The van der Waals surface area contributed by atoms with Crippen molar-refractivity contribution in [2.75, 3.05) is 38.5 Å². The van der Waals surface area contributed by atoms with Crippen molar-refractivity contribution in [2.45, 2.75) is 63.0 Å². The summed E-state index contributed by atoms with van der Waals surface area (Å²) in [6.45, 7) is 4.46. The highest BCUT2D eigenvalue weighted by Gasteiger charge is 2.15. The number of carbonyl (C=O) groups excluding carboxylic acids is 2. The van der Waals surface area contributed by atoms with Crippen molar-refractivity contribution < 1.29 is 9.59 Å². The van der Waals surface area contributed by atoms with Gasteiger partial charge in [0, 0.05) is 61.8 Å². The second-order valence-corrected chi connectivity index (χ2v) is 11.6. The molecule has 0 bridgehead atoms. The van der Waals surface area contributed by atoms with E-state index in [4.69, 9.17) is 0 Å². The average molecular weight is 491 g/mol. The van der Waals surface area contributed by atoms with E-state index in [9.17, 15) is 9.59 Å². The van der Waals surface area contributed by atoms with E-state index in [0.29, 0.717) is 25.9 Å². The second kappa shape index (κ2) is 15.4. The molecule has 2 aliphatic rings. The van der Waals surface area contributed by atoms with Gasteiger partial charge in [0.2, 0.25) is 11.8 Å². The van der Waals surface area contributed by atoms with Crippen LogP contribution in [0.5, 0.6) is 0 Å². The van der Waals surface area contributed by atoms with E-state index >= 15 is 0 Å². The standard InChI is InChI=1S/C25H38N4O2S2/c30-24(8-2-1-7-23-13-19-32-33-23)26-14-15-27-25(31)9-5-6-21-10-11-22(28-20-21)12-18-29-16-3-4-17-29/h5-6,10-11,20,23H,1-4,7-9,12-19H2,(H,26,30)(H,27,31)/b6-5+/t23-/m1/s1. The molecule has 1 atom stereocenters. The maximum Gasteiger partial charge on any atom is 0.223 e. The van der Waals surface area contributed by atoms with Crippen LogP contribution in [0.4, 0.5) is 0 Å². The van der Waals surface area contributed by atoms with Gasteiger partial charge in [0.15, 0.2) is 0 Å². The van der Waals surface area contributed by atoms with Gasteiger partial charge in [0.25, 0.3) is 0 Å². The molecular weight excluding hydrogens is 452 g/mol. The van der Waals surface area contributed by atoms with Gasteiger partial charge < -0.3 is 15.5 Å². The predicted molar refractivity (Wildman–Crippen MR) is 140 cm³/mol. The normalized spacial score (nSPS) is 18.7. The van der Waals surface area contributed by atoms with Crippen LogP contribution in [0.1, 0.15) is 62.6 Å². The van der Waals surface area contributed by atoms with E-state index < -0.39 is 0 Å². The lowest BCUT2D eigenvalue weighted by Crippen LogP contribution is -2.34. The summed E-state index contributed by atoms with van der Waals surface area (Å²) in [6.07, 6.45) is 14.8. The van der Waals surface area contributed by atoms with Gasteiger partial charge in [-0.2, -0.15) is 0 Å². The Kier molecular flexibility index (Phi) is 12.2. The van der Waals surface area contributed by atoms with Gasteiger partial charge in [0.05, 0.1) is 0 Å². The van der Waals surface area contributed by atoms with Crippen LogP contribution in [0.3, 0.4) is 0 Å². The number of nitrogens with zero attached hydrogens (tertiary/aromatic N) is 2. The number of amides is 2. The van der Waals surface area contributed by atoms with E-state index in [-0.39, 0.29) is 11.8 Å². The number of rotatable bonds is 14. The molecule has 2 amide bonds. The Labute approximate surface area is 206 Å². The first kappa shape index (κ1) is 26.1. The van der Waals surface area contributed by atoms with E-state index in [1.165, 1.54) is 44.5 Å². The molecule has 0 aliphatic carbocycles. The smallest absolute Gasteiger partial charge is 0.223 e. The van der Waals surface area contributed by atoms with Crippen LogP contribution < -0.4 is 10.6 Å². The van der Waals surface area contributed by atoms with Crippen molar-refractivity contribution in [1.29, 1.82) is 0 Å². The fourth-order valence-corrected chi connectivity index (χ4v) is 7.08. The van der Waals surface area contributed by atoms with Gasteiger partial charge in [-0.25, -0.2) is 0 Å². The Morgan fingerprint density at radius 2 is 1.94 bits per heavy atom. The summed E-state index contributed by atoms with van der Waals surface area (Å²) in [6, 6.07) is 4.13. The molecule has 0 saturated carbocycles. The van der Waals surface area contributed by atoms with Crippen molar-refractivity contribution in [3.63, 3.8) is 0 Å². The summed E-state index contributed by atoms with van der Waals surface area (Å²) >= 11 is 0. The van der Waals surface area contributed by atoms with Crippen molar-refractivity contribution in [3.8, 4) is 0 Å². The fourth-order valence-electron chi connectivity index (χ4n) is 4.05. The van der Waals surface area contributed by atoms with Crippen LogP contribution >= 0.6 is 21.6 Å². The Hall–Kier alpha value is -1.51. The third-order valence-electron chi connectivity index (χ3n) is 6.02. The zero-order valence-electron chi connectivity index (χ0n) is 19.6. The molecule has 3 heterocycles. The van der Waals surface area contributed by atoms with Gasteiger partial charge in [-0.1, -0.05) is 46.2 Å². The molecule has 1 aromatic rings. The molecule has 1 aromatic heterocycles. The Morgan fingerprint density at radius 1 is 1.12 bits per heavy atom. The first-order valence-corrected chi connectivity index (χ1v) is 14.7. The minimum absolute atomic E-state index is 0.0392. The summed E-state index contributed by atoms with van der Waals surface area (Å²) in [5, 5.41) is 6.52. The number of likely N-dealkylation sites (tertiary alicyclic amines) is 1. The van der Waals surface area contributed by atoms with E-state index in [1.807, 2.05) is 39.9 Å². The number of unbranched alkanes of at least 4 members (excludes halogenated alkanes) is 1. The van der Waals surface area contributed by atoms with Crippen molar-refractivity contribution >= 4 is 39.5 Å². The molecule has 6 nitrogen and oxygen atoms in total. The summed E-state index contributed by atoms with van der Waals surface area (Å²) in [5.41, 5.74) is 2.12. The van der Waals surface area contributed by atoms with Crippen LogP contribution in [-0.4, -0.2) is 65.4 Å². The monoisotopic (exact) mass is 490 g/mol. The number of pyridine rings is 1. The lowest BCUT2D eigenvalue weighted by atomic mass is 10.1. The van der Waals surface area contributed by atoms with E-state index in [0.717, 1.165) is 42.3 Å². The molecule has 8 heteroatoms. The fraction of sp³-hybridized carbons (Fsp3) is 0.640. The number of nitrogens with one attached hydrogen (secondary N) is 2. The molecule has 2 saturated heterocycles. The highest BCUT2D eigenvalue weighted by atomic mass is 33.1. The maximum atomic E-state index is 12.0. The zero-order valence-corrected chi connectivity index (χ0v) is 21.2. The molecule has 2 fully saturated rings. The lowest BCUT2D eigenvalue weighted by molar-refractivity contribution is -0.122. The minimum atomic E-state index is -0.0392. The van der Waals surface area contributed by atoms with Crippen molar-refractivity contribution in [1.82, 2.24) is 20.5 Å². The summed E-state index contributed by atoms with van der Waals surface area (Å²) in [5.74, 6) is 1.30. The Balaban J connectivity index is 1.18. The highest BCUT2D eigenvalue weighted by Crippen LogP contribution is 2.39. The third kappa shape index (κ3) is 11.0. The first-order valence-electron chi connectivity index (χ1n) is 12.3. The maximum absolute atomic E-state index is 12.0. The highest BCUT2D eigenvalue weighted by molar-refractivity contribution is 8.77. The molecule has 0 spiro atoms. The van der Waals surface area contributed by atoms with Crippen molar-refractivity contribution in [2.24, 2.45) is 0 Å². The topological polar surface area (TPSA) is 74.3 Å². The van der Waals surface area contributed by atoms with Gasteiger partial charge in [0.1, 0.15) is 0 Å². The minimum Gasteiger partial charge on any atom is -0.354 e. The van der Waals surface area contributed by atoms with Crippen molar-refractivity contribution in [3.05, 3.63) is 35.7 Å². The summed E-state index contributed by atoms with van der Waals surface area (Å²) in [7, 11) is 3.96. The first-order chi connectivity index (χ1) is 16.2. The molecular formula is C25H38N4O2S2. The van der Waals surface area contributed by atoms with E-state index in [1.54, 1.807) is 0 Å². The summed E-state index contributed by atoms with van der Waals surface area (Å²) < 4.78 is 0. The largest absolute Gasteiger partial charge is 0.354 e. The third-order valence-corrected chi connectivity index (χ3v) is 9.03. The van der Waals surface area contributed by atoms with Gasteiger partial charge in [-0.3, -0.25) is 14.6 Å². The van der Waals surface area contributed by atoms with Gasteiger partial charge >= 0.3 is 0 Å². The molecule has 182 valence electrons. The molecule has 2 N–H and O–H groups in total. The Morgan fingerprint density at radius 3 is 2.67 bits per heavy atom. The zero-order chi connectivity index (χ0) is 23.1. The SMILES string of the molecule is O=C(C/C=C/c1ccc(CCN2CCCC2)nc1)NCCNC(=O)CCCC[C@@H]1CCSS1. The lowest BCUT2D eigenvalue weighted by Gasteiger charge is -2.13. The number of carbonyl (C=O) groups is 2. The van der Waals surface area contributed by atoms with Gasteiger partial charge in [-0.15, -0.1) is 0 Å². The number of hydrogen-bond donors (Lipinski definition) is 2. The molecule has 0 radical (unpaired) electrons.